The molecule has 2 aromatic carbocycles. The lowest BCUT2D eigenvalue weighted by molar-refractivity contribution is 0.0993. The molecule has 0 saturated heterocycles. The lowest BCUT2D eigenvalue weighted by Gasteiger charge is -2.19. The van der Waals surface area contributed by atoms with Crippen LogP contribution < -0.4 is 10.2 Å². The number of hydrogen-bond acceptors (Lipinski definition) is 2. The molecule has 1 N–H and O–H groups in total. The van der Waals surface area contributed by atoms with E-state index in [9.17, 15) is 9.18 Å². The van der Waals surface area contributed by atoms with Crippen molar-refractivity contribution in [3.8, 4) is 0 Å². The number of carbonyl (C=O) groups excluding carboxylic acids is 1. The minimum absolute atomic E-state index is 0.255. The molecular weight excluding hydrogens is 243 g/mol. The van der Waals surface area contributed by atoms with E-state index in [4.69, 9.17) is 0 Å². The number of benzene rings is 2. The van der Waals surface area contributed by atoms with Gasteiger partial charge >= 0.3 is 0 Å². The highest BCUT2D eigenvalue weighted by Crippen LogP contribution is 2.21. The third-order valence-corrected chi connectivity index (χ3v) is 2.93. The molecule has 0 saturated carbocycles. The van der Waals surface area contributed by atoms with E-state index in [1.165, 1.54) is 17.0 Å². The van der Waals surface area contributed by atoms with Crippen molar-refractivity contribution in [2.24, 2.45) is 0 Å². The maximum Gasteiger partial charge on any atom is 0.260 e. The first kappa shape index (κ1) is 13.1. The van der Waals surface area contributed by atoms with E-state index in [0.717, 1.165) is 5.69 Å². The van der Waals surface area contributed by atoms with Crippen LogP contribution in [0.25, 0.3) is 0 Å². The van der Waals surface area contributed by atoms with Crippen LogP contribution >= 0.6 is 0 Å². The smallest absolute Gasteiger partial charge is 0.260 e. The van der Waals surface area contributed by atoms with Crippen LogP contribution in [0.4, 0.5) is 15.8 Å². The molecule has 2 rings (SSSR count). The summed E-state index contributed by atoms with van der Waals surface area (Å²) in [5.74, 6) is -0.682. The van der Waals surface area contributed by atoms with Crippen LogP contribution in [0.1, 0.15) is 10.4 Å². The SMILES string of the molecule is CNc1ccc(F)cc1C(=O)N(C)c1ccccc1. The van der Waals surface area contributed by atoms with Crippen molar-refractivity contribution < 1.29 is 9.18 Å². The highest BCUT2D eigenvalue weighted by molar-refractivity contribution is 6.09. The Kier molecular flexibility index (Phi) is 3.80. The number of para-hydroxylation sites is 1. The lowest BCUT2D eigenvalue weighted by Crippen LogP contribution is -2.27. The monoisotopic (exact) mass is 258 g/mol. The average Bonchev–Trinajstić information content (AvgIpc) is 2.46. The molecule has 2 aromatic rings. The number of amides is 1. The van der Waals surface area contributed by atoms with Crippen LogP contribution in [0.15, 0.2) is 48.5 Å². The summed E-state index contributed by atoms with van der Waals surface area (Å²) in [7, 11) is 3.37. The Bertz CT molecular complexity index is 584. The second-order valence-corrected chi connectivity index (χ2v) is 4.14. The topological polar surface area (TPSA) is 32.3 Å². The molecule has 19 heavy (non-hydrogen) atoms. The zero-order chi connectivity index (χ0) is 13.8. The zero-order valence-corrected chi connectivity index (χ0v) is 10.9. The fourth-order valence-electron chi connectivity index (χ4n) is 1.86. The minimum atomic E-state index is -0.427. The first-order chi connectivity index (χ1) is 9.13. The fourth-order valence-corrected chi connectivity index (χ4v) is 1.86. The van der Waals surface area contributed by atoms with Crippen LogP contribution in [0.5, 0.6) is 0 Å². The molecule has 0 bridgehead atoms. The highest BCUT2D eigenvalue weighted by atomic mass is 19.1. The van der Waals surface area contributed by atoms with Crippen LogP contribution in [-0.2, 0) is 0 Å². The third kappa shape index (κ3) is 2.73. The van der Waals surface area contributed by atoms with Gasteiger partial charge in [0.05, 0.1) is 5.56 Å². The quantitative estimate of drug-likeness (QED) is 0.917. The summed E-state index contributed by atoms with van der Waals surface area (Å²) in [5, 5.41) is 2.90. The Morgan fingerprint density at radius 3 is 2.47 bits per heavy atom. The summed E-state index contributed by atoms with van der Waals surface area (Å²) in [6, 6.07) is 13.4. The molecule has 4 heteroatoms. The van der Waals surface area contributed by atoms with Gasteiger partial charge in [-0.2, -0.15) is 0 Å². The normalized spacial score (nSPS) is 10.1. The van der Waals surface area contributed by atoms with E-state index in [0.29, 0.717) is 11.3 Å². The van der Waals surface area contributed by atoms with E-state index in [-0.39, 0.29) is 5.91 Å². The molecule has 98 valence electrons. The van der Waals surface area contributed by atoms with Gasteiger partial charge in [0.25, 0.3) is 5.91 Å². The average molecular weight is 258 g/mol. The van der Waals surface area contributed by atoms with Crippen molar-refractivity contribution in [3.05, 3.63) is 59.9 Å². The van der Waals surface area contributed by atoms with Crippen molar-refractivity contribution in [2.45, 2.75) is 0 Å². The molecule has 3 nitrogen and oxygen atoms in total. The van der Waals surface area contributed by atoms with Crippen molar-refractivity contribution in [2.75, 3.05) is 24.3 Å². The molecule has 0 fully saturated rings. The first-order valence-corrected chi connectivity index (χ1v) is 5.94. The van der Waals surface area contributed by atoms with Crippen LogP contribution in [-0.4, -0.2) is 20.0 Å². The van der Waals surface area contributed by atoms with Crippen molar-refractivity contribution in [3.63, 3.8) is 0 Å². The fraction of sp³-hybridized carbons (Fsp3) is 0.133. The Morgan fingerprint density at radius 1 is 1.16 bits per heavy atom. The van der Waals surface area contributed by atoms with Gasteiger partial charge in [-0.3, -0.25) is 4.79 Å². The number of nitrogens with zero attached hydrogens (tertiary/aromatic N) is 1. The number of halogens is 1. The summed E-state index contributed by atoms with van der Waals surface area (Å²) in [4.78, 5) is 13.9. The molecule has 0 unspecified atom stereocenters. The molecule has 0 atom stereocenters. The number of nitrogens with one attached hydrogen (secondary N) is 1. The van der Waals surface area contributed by atoms with E-state index in [1.54, 1.807) is 20.2 Å². The number of hydrogen-bond donors (Lipinski definition) is 1. The highest BCUT2D eigenvalue weighted by Gasteiger charge is 2.17. The van der Waals surface area contributed by atoms with E-state index < -0.39 is 5.82 Å². The van der Waals surface area contributed by atoms with Gasteiger partial charge in [0.2, 0.25) is 0 Å². The number of carbonyl (C=O) groups is 1. The summed E-state index contributed by atoms with van der Waals surface area (Å²) in [6.07, 6.45) is 0. The predicted octanol–water partition coefficient (Wildman–Crippen LogP) is 3.14. The van der Waals surface area contributed by atoms with Crippen molar-refractivity contribution in [1.82, 2.24) is 0 Å². The second-order valence-electron chi connectivity index (χ2n) is 4.14. The van der Waals surface area contributed by atoms with Crippen LogP contribution in [0.3, 0.4) is 0 Å². The number of anilines is 2. The van der Waals surface area contributed by atoms with E-state index in [2.05, 4.69) is 5.32 Å². The predicted molar refractivity (Wildman–Crippen MR) is 75.1 cm³/mol. The van der Waals surface area contributed by atoms with Gasteiger partial charge in [0.15, 0.2) is 0 Å². The van der Waals surface area contributed by atoms with Crippen LogP contribution in [0, 0.1) is 5.82 Å². The molecular formula is C15H15FN2O. The van der Waals surface area contributed by atoms with Gasteiger partial charge < -0.3 is 10.2 Å². The van der Waals surface area contributed by atoms with E-state index >= 15 is 0 Å². The first-order valence-electron chi connectivity index (χ1n) is 5.94. The summed E-state index contributed by atoms with van der Waals surface area (Å²) < 4.78 is 13.3. The molecule has 0 radical (unpaired) electrons. The summed E-state index contributed by atoms with van der Waals surface area (Å²) in [6.45, 7) is 0. The van der Waals surface area contributed by atoms with Crippen molar-refractivity contribution >= 4 is 17.3 Å². The van der Waals surface area contributed by atoms with Gasteiger partial charge in [-0.15, -0.1) is 0 Å². The zero-order valence-electron chi connectivity index (χ0n) is 10.9. The molecule has 0 aliphatic rings. The molecule has 0 heterocycles. The molecule has 1 amide bonds. The second kappa shape index (κ2) is 5.52. The molecule has 0 aliphatic heterocycles. The van der Waals surface area contributed by atoms with E-state index in [1.807, 2.05) is 30.3 Å². The van der Waals surface area contributed by atoms with Gasteiger partial charge in [-0.1, -0.05) is 18.2 Å². The van der Waals surface area contributed by atoms with Crippen LogP contribution in [0.2, 0.25) is 0 Å². The largest absolute Gasteiger partial charge is 0.387 e. The Hall–Kier alpha value is -2.36. The standard InChI is InChI=1S/C15H15FN2O/c1-17-14-9-8-11(16)10-13(14)15(19)18(2)12-6-4-3-5-7-12/h3-10,17H,1-2H3. The minimum Gasteiger partial charge on any atom is -0.387 e. The summed E-state index contributed by atoms with van der Waals surface area (Å²) in [5.41, 5.74) is 1.68. The Labute approximate surface area is 111 Å². The Morgan fingerprint density at radius 2 is 1.84 bits per heavy atom. The van der Waals surface area contributed by atoms with Gasteiger partial charge in [0.1, 0.15) is 5.82 Å². The summed E-state index contributed by atoms with van der Waals surface area (Å²) >= 11 is 0. The van der Waals surface area contributed by atoms with Gasteiger partial charge in [-0.25, -0.2) is 4.39 Å². The molecule has 0 spiro atoms. The third-order valence-electron chi connectivity index (χ3n) is 2.93. The molecule has 0 aromatic heterocycles. The molecule has 0 aliphatic carbocycles. The Balaban J connectivity index is 2.37. The van der Waals surface area contributed by atoms with Gasteiger partial charge in [-0.05, 0) is 30.3 Å². The lowest BCUT2D eigenvalue weighted by atomic mass is 10.1. The maximum absolute atomic E-state index is 13.3. The van der Waals surface area contributed by atoms with Gasteiger partial charge in [0, 0.05) is 25.5 Å². The van der Waals surface area contributed by atoms with Crippen molar-refractivity contribution in [1.29, 1.82) is 0 Å². The maximum atomic E-state index is 13.3. The number of rotatable bonds is 3.